The van der Waals surface area contributed by atoms with Crippen molar-refractivity contribution in [3.05, 3.63) is 53.9 Å². The molecule has 9 heteroatoms. The summed E-state index contributed by atoms with van der Waals surface area (Å²) in [5, 5.41) is 3.90. The summed E-state index contributed by atoms with van der Waals surface area (Å²) in [6.45, 7) is 2.85. The number of carbonyl (C=O) groups is 2. The van der Waals surface area contributed by atoms with Gasteiger partial charge in [-0.15, -0.1) is 11.8 Å². The Morgan fingerprint density at radius 1 is 1.23 bits per heavy atom. The molecule has 182 valence electrons. The van der Waals surface area contributed by atoms with Crippen molar-refractivity contribution in [3.8, 4) is 5.75 Å². The average Bonchev–Trinajstić information content (AvgIpc) is 2.90. The lowest BCUT2D eigenvalue weighted by molar-refractivity contribution is -0.113. The molecule has 35 heavy (non-hydrogen) atoms. The monoisotopic (exact) mass is 491 g/mol. The highest BCUT2D eigenvalue weighted by atomic mass is 32.2. The van der Waals surface area contributed by atoms with Crippen molar-refractivity contribution in [1.82, 2.24) is 19.8 Å². The number of fused-ring (bicyclic) bond motifs is 2. The van der Waals surface area contributed by atoms with Crippen LogP contribution >= 0.6 is 11.8 Å². The molecule has 0 unspecified atom stereocenters. The van der Waals surface area contributed by atoms with Crippen molar-refractivity contribution in [2.75, 3.05) is 44.9 Å². The van der Waals surface area contributed by atoms with Crippen LogP contribution in [0.2, 0.25) is 0 Å². The number of piperidine rings is 1. The summed E-state index contributed by atoms with van der Waals surface area (Å²) in [4.78, 5) is 38.8. The molecule has 0 bridgehead atoms. The molecule has 0 aliphatic carbocycles. The standard InChI is InChI=1S/C26H29N5O3S/c1-30(26(33)22-5-6-23-25(28-22)29-24(32)16-35-23)18-9-13-31(14-10-18)12-8-17-7-11-27-21-4-3-19(34-2)15-20(17)21/h3-7,11,15,18H,8-10,12-14,16H2,1-2H3,(H,28,29,32). The van der Waals surface area contributed by atoms with Crippen LogP contribution < -0.4 is 10.1 Å². The second-order valence-electron chi connectivity index (χ2n) is 8.97. The van der Waals surface area contributed by atoms with Gasteiger partial charge in [0.1, 0.15) is 17.3 Å². The maximum atomic E-state index is 13.1. The molecule has 0 saturated carbocycles. The highest BCUT2D eigenvalue weighted by Crippen LogP contribution is 2.30. The molecular weight excluding hydrogens is 462 g/mol. The van der Waals surface area contributed by atoms with E-state index in [1.807, 2.05) is 36.3 Å². The predicted octanol–water partition coefficient (Wildman–Crippen LogP) is 3.46. The second-order valence-corrected chi connectivity index (χ2v) is 9.99. The first kappa shape index (κ1) is 23.6. The number of rotatable bonds is 6. The summed E-state index contributed by atoms with van der Waals surface area (Å²) in [7, 11) is 3.54. The summed E-state index contributed by atoms with van der Waals surface area (Å²) < 4.78 is 5.39. The largest absolute Gasteiger partial charge is 0.497 e. The molecule has 2 aromatic heterocycles. The minimum Gasteiger partial charge on any atom is -0.497 e. The number of ether oxygens (including phenoxy) is 1. The van der Waals surface area contributed by atoms with E-state index < -0.39 is 0 Å². The summed E-state index contributed by atoms with van der Waals surface area (Å²) in [5.41, 5.74) is 2.62. The van der Waals surface area contributed by atoms with Crippen LogP contribution in [0.3, 0.4) is 0 Å². The third-order valence-electron chi connectivity index (χ3n) is 6.86. The molecule has 0 radical (unpaired) electrons. The fraction of sp³-hybridized carbons (Fsp3) is 0.385. The number of carbonyl (C=O) groups excluding carboxylic acids is 2. The summed E-state index contributed by atoms with van der Waals surface area (Å²) in [5.74, 6) is 1.52. The second kappa shape index (κ2) is 10.2. The Morgan fingerprint density at radius 3 is 2.86 bits per heavy atom. The fourth-order valence-corrected chi connectivity index (χ4v) is 5.52. The Labute approximate surface area is 209 Å². The van der Waals surface area contributed by atoms with Crippen molar-refractivity contribution in [1.29, 1.82) is 0 Å². The SMILES string of the molecule is COc1ccc2nccc(CCN3CCC(N(C)C(=O)c4ccc5c(n4)NC(=O)CS5)CC3)c2c1. The molecule has 2 aliphatic rings. The molecular formula is C26H29N5O3S. The molecule has 1 N–H and O–H groups in total. The summed E-state index contributed by atoms with van der Waals surface area (Å²) in [6.07, 6.45) is 4.65. The Kier molecular flexibility index (Phi) is 6.88. The molecule has 0 spiro atoms. The lowest BCUT2D eigenvalue weighted by Gasteiger charge is -2.36. The highest BCUT2D eigenvalue weighted by molar-refractivity contribution is 8.00. The highest BCUT2D eigenvalue weighted by Gasteiger charge is 2.27. The molecule has 1 fully saturated rings. The summed E-state index contributed by atoms with van der Waals surface area (Å²) in [6, 6.07) is 11.9. The van der Waals surface area contributed by atoms with Gasteiger partial charge in [-0.3, -0.25) is 14.6 Å². The van der Waals surface area contributed by atoms with E-state index in [0.29, 0.717) is 17.3 Å². The Hall–Kier alpha value is -3.17. The van der Waals surface area contributed by atoms with Gasteiger partial charge in [0.2, 0.25) is 5.91 Å². The number of nitrogens with one attached hydrogen (secondary N) is 1. The van der Waals surface area contributed by atoms with Gasteiger partial charge >= 0.3 is 0 Å². The van der Waals surface area contributed by atoms with Crippen LogP contribution in [0.15, 0.2) is 47.5 Å². The molecule has 2 aliphatic heterocycles. The molecule has 1 aromatic carbocycles. The number of pyridine rings is 2. The fourth-order valence-electron chi connectivity index (χ4n) is 4.77. The van der Waals surface area contributed by atoms with Crippen LogP contribution in [0.25, 0.3) is 10.9 Å². The van der Waals surface area contributed by atoms with Gasteiger partial charge in [-0.25, -0.2) is 4.98 Å². The van der Waals surface area contributed by atoms with Crippen molar-refractivity contribution in [3.63, 3.8) is 0 Å². The molecule has 2 amide bonds. The van der Waals surface area contributed by atoms with Crippen LogP contribution in [0.1, 0.15) is 28.9 Å². The zero-order chi connectivity index (χ0) is 24.4. The van der Waals surface area contributed by atoms with Gasteiger partial charge in [0, 0.05) is 44.3 Å². The number of hydrogen-bond donors (Lipinski definition) is 1. The van der Waals surface area contributed by atoms with E-state index in [1.165, 1.54) is 17.3 Å². The molecule has 8 nitrogen and oxygen atoms in total. The maximum Gasteiger partial charge on any atom is 0.272 e. The van der Waals surface area contributed by atoms with E-state index in [1.54, 1.807) is 13.2 Å². The topological polar surface area (TPSA) is 87.7 Å². The van der Waals surface area contributed by atoms with Gasteiger partial charge < -0.3 is 19.9 Å². The lowest BCUT2D eigenvalue weighted by atomic mass is 10.0. The maximum absolute atomic E-state index is 13.1. The zero-order valence-corrected chi connectivity index (χ0v) is 20.8. The number of thioether (sulfide) groups is 1. The lowest BCUT2D eigenvalue weighted by Crippen LogP contribution is -2.46. The van der Waals surface area contributed by atoms with Crippen molar-refractivity contribution in [2.45, 2.75) is 30.2 Å². The molecule has 1 saturated heterocycles. The Balaban J connectivity index is 1.17. The first-order valence-electron chi connectivity index (χ1n) is 11.9. The van der Waals surface area contributed by atoms with Gasteiger partial charge in [0.25, 0.3) is 5.91 Å². The van der Waals surface area contributed by atoms with Crippen molar-refractivity contribution in [2.24, 2.45) is 0 Å². The smallest absolute Gasteiger partial charge is 0.272 e. The van der Waals surface area contributed by atoms with Crippen LogP contribution in [0, 0.1) is 0 Å². The zero-order valence-electron chi connectivity index (χ0n) is 20.0. The number of hydrogen-bond acceptors (Lipinski definition) is 7. The minimum atomic E-state index is -0.103. The number of benzene rings is 1. The van der Waals surface area contributed by atoms with E-state index in [4.69, 9.17) is 4.74 Å². The molecule has 5 rings (SSSR count). The number of likely N-dealkylation sites (tertiary alicyclic amines) is 1. The molecule has 0 atom stereocenters. The van der Waals surface area contributed by atoms with Crippen LogP contribution in [0.5, 0.6) is 5.75 Å². The Bertz CT molecular complexity index is 1260. The quantitative estimate of drug-likeness (QED) is 0.565. The van der Waals surface area contributed by atoms with Gasteiger partial charge in [0.05, 0.1) is 23.3 Å². The number of nitrogens with zero attached hydrogens (tertiary/aromatic N) is 4. The van der Waals surface area contributed by atoms with E-state index in [-0.39, 0.29) is 17.9 Å². The molecule has 4 heterocycles. The van der Waals surface area contributed by atoms with E-state index in [9.17, 15) is 9.59 Å². The van der Waals surface area contributed by atoms with Crippen LogP contribution in [-0.4, -0.2) is 77.2 Å². The number of anilines is 1. The number of methoxy groups -OCH3 is 1. The minimum absolute atomic E-state index is 0.0840. The van der Waals surface area contributed by atoms with E-state index >= 15 is 0 Å². The number of amides is 2. The van der Waals surface area contributed by atoms with Gasteiger partial charge in [-0.1, -0.05) is 0 Å². The normalized spacial score (nSPS) is 16.6. The first-order chi connectivity index (χ1) is 17.0. The summed E-state index contributed by atoms with van der Waals surface area (Å²) >= 11 is 1.44. The van der Waals surface area contributed by atoms with E-state index in [2.05, 4.69) is 32.3 Å². The average molecular weight is 492 g/mol. The third-order valence-corrected chi connectivity index (χ3v) is 7.90. The predicted molar refractivity (Wildman–Crippen MR) is 137 cm³/mol. The first-order valence-corrected chi connectivity index (χ1v) is 12.9. The van der Waals surface area contributed by atoms with Crippen molar-refractivity contribution < 1.29 is 14.3 Å². The molecule has 3 aromatic rings. The van der Waals surface area contributed by atoms with Crippen molar-refractivity contribution >= 4 is 40.3 Å². The van der Waals surface area contributed by atoms with Crippen LogP contribution in [-0.2, 0) is 11.2 Å². The van der Waals surface area contributed by atoms with E-state index in [0.717, 1.165) is 60.4 Å². The Morgan fingerprint density at radius 2 is 2.06 bits per heavy atom. The van der Waals surface area contributed by atoms with Gasteiger partial charge in [-0.05, 0) is 61.2 Å². The number of aromatic nitrogens is 2. The van der Waals surface area contributed by atoms with Gasteiger partial charge in [0.15, 0.2) is 0 Å². The van der Waals surface area contributed by atoms with Gasteiger partial charge in [-0.2, -0.15) is 0 Å². The van der Waals surface area contributed by atoms with Crippen LogP contribution in [0.4, 0.5) is 5.82 Å². The third kappa shape index (κ3) is 5.11.